The van der Waals surface area contributed by atoms with Crippen molar-refractivity contribution in [1.82, 2.24) is 14.9 Å². The van der Waals surface area contributed by atoms with E-state index in [1.54, 1.807) is 0 Å². The second-order valence-electron chi connectivity index (χ2n) is 6.98. The maximum Gasteiger partial charge on any atom is 0.158 e. The molecule has 26 heavy (non-hydrogen) atoms. The minimum atomic E-state index is 0.0626. The van der Waals surface area contributed by atoms with Gasteiger partial charge in [-0.25, -0.2) is 0 Å². The Morgan fingerprint density at radius 3 is 2.65 bits per heavy atom. The third-order valence-electron chi connectivity index (χ3n) is 5.19. The van der Waals surface area contributed by atoms with E-state index in [1.165, 1.54) is 5.56 Å². The Balaban J connectivity index is 1.42. The summed E-state index contributed by atoms with van der Waals surface area (Å²) in [6.45, 7) is 6.75. The fourth-order valence-corrected chi connectivity index (χ4v) is 3.39. The Morgan fingerprint density at radius 1 is 1.19 bits per heavy atom. The van der Waals surface area contributed by atoms with E-state index >= 15 is 0 Å². The summed E-state index contributed by atoms with van der Waals surface area (Å²) in [4.78, 5) is 2.11. The van der Waals surface area contributed by atoms with Crippen LogP contribution in [0.1, 0.15) is 35.4 Å². The van der Waals surface area contributed by atoms with Crippen molar-refractivity contribution in [3.63, 3.8) is 0 Å². The highest BCUT2D eigenvalue weighted by molar-refractivity contribution is 5.39. The van der Waals surface area contributed by atoms with Crippen LogP contribution in [0.2, 0.25) is 0 Å². The van der Waals surface area contributed by atoms with Crippen LogP contribution in [0.4, 0.5) is 5.82 Å². The highest BCUT2D eigenvalue weighted by atomic mass is 16.6. The van der Waals surface area contributed by atoms with Crippen molar-refractivity contribution in [2.45, 2.75) is 45.6 Å². The second-order valence-corrected chi connectivity index (χ2v) is 6.98. The van der Waals surface area contributed by atoms with E-state index in [-0.39, 0.29) is 12.3 Å². The molecule has 0 N–H and O–H groups in total. The van der Waals surface area contributed by atoms with Crippen LogP contribution in [0, 0.1) is 13.8 Å². The summed E-state index contributed by atoms with van der Waals surface area (Å²) < 4.78 is 13.1. The number of aromatic nitrogens is 3. The predicted octanol–water partition coefficient (Wildman–Crippen LogP) is 3.50. The Labute approximate surface area is 153 Å². The number of aryl methyl sites for hydroxylation is 2. The van der Waals surface area contributed by atoms with Gasteiger partial charge in [0.2, 0.25) is 0 Å². The number of ether oxygens (including phenoxy) is 1. The molecule has 0 amide bonds. The van der Waals surface area contributed by atoms with Gasteiger partial charge in [0.1, 0.15) is 11.9 Å². The number of anilines is 1. The van der Waals surface area contributed by atoms with Crippen molar-refractivity contribution >= 4 is 5.82 Å². The molecule has 6 nitrogen and oxygen atoms in total. The van der Waals surface area contributed by atoms with Crippen molar-refractivity contribution in [2.75, 3.05) is 11.9 Å². The SMILES string of the molecule is Cc1noc(C)c1Cn1ccc(N(C)C2OC2[C@@H](C)c2ccccc2)n1. The van der Waals surface area contributed by atoms with E-state index < -0.39 is 0 Å². The molecule has 0 aliphatic carbocycles. The molecular formula is C20H24N4O2. The topological polar surface area (TPSA) is 59.6 Å². The molecule has 6 heteroatoms. The first-order valence-corrected chi connectivity index (χ1v) is 8.93. The Hall–Kier alpha value is -2.60. The lowest BCUT2D eigenvalue weighted by molar-refractivity contribution is 0.351. The van der Waals surface area contributed by atoms with Crippen LogP contribution in [0.3, 0.4) is 0 Å². The monoisotopic (exact) mass is 352 g/mol. The molecule has 3 heterocycles. The molecule has 1 fully saturated rings. The molecular weight excluding hydrogens is 328 g/mol. The smallest absolute Gasteiger partial charge is 0.158 e. The summed E-state index contributed by atoms with van der Waals surface area (Å²) in [7, 11) is 2.03. The Morgan fingerprint density at radius 2 is 1.96 bits per heavy atom. The van der Waals surface area contributed by atoms with Crippen molar-refractivity contribution in [1.29, 1.82) is 0 Å². The molecule has 136 valence electrons. The predicted molar refractivity (Wildman–Crippen MR) is 99.2 cm³/mol. The summed E-state index contributed by atoms with van der Waals surface area (Å²) >= 11 is 0. The molecule has 0 spiro atoms. The molecule has 0 radical (unpaired) electrons. The van der Waals surface area contributed by atoms with Crippen molar-refractivity contribution in [3.05, 3.63) is 65.2 Å². The van der Waals surface area contributed by atoms with Gasteiger partial charge in [0, 0.05) is 30.8 Å². The Kier molecular flexibility index (Phi) is 4.28. The van der Waals surface area contributed by atoms with E-state index in [1.807, 2.05) is 43.9 Å². The number of rotatable bonds is 6. The van der Waals surface area contributed by atoms with Crippen LogP contribution < -0.4 is 4.90 Å². The molecule has 3 aromatic rings. The number of nitrogens with zero attached hydrogens (tertiary/aromatic N) is 4. The van der Waals surface area contributed by atoms with E-state index in [0.717, 1.165) is 22.8 Å². The van der Waals surface area contributed by atoms with Gasteiger partial charge in [-0.3, -0.25) is 4.68 Å². The molecule has 2 unspecified atom stereocenters. The van der Waals surface area contributed by atoms with E-state index in [0.29, 0.717) is 12.5 Å². The number of likely N-dealkylation sites (N-methyl/N-ethyl adjacent to an activating group) is 1. The molecule has 1 aliphatic heterocycles. The van der Waals surface area contributed by atoms with Crippen LogP contribution >= 0.6 is 0 Å². The normalized spacial score (nSPS) is 20.2. The maximum atomic E-state index is 5.95. The van der Waals surface area contributed by atoms with Crippen LogP contribution in [0.15, 0.2) is 47.1 Å². The molecule has 3 atom stereocenters. The van der Waals surface area contributed by atoms with Crippen LogP contribution in [0.5, 0.6) is 0 Å². The third kappa shape index (κ3) is 3.12. The van der Waals surface area contributed by atoms with Crippen molar-refractivity contribution in [3.8, 4) is 0 Å². The van der Waals surface area contributed by atoms with Crippen molar-refractivity contribution < 1.29 is 9.26 Å². The van der Waals surface area contributed by atoms with Gasteiger partial charge in [0.15, 0.2) is 12.0 Å². The summed E-state index contributed by atoms with van der Waals surface area (Å²) in [5.41, 5.74) is 3.30. The molecule has 1 aromatic carbocycles. The zero-order chi connectivity index (χ0) is 18.3. The van der Waals surface area contributed by atoms with Gasteiger partial charge >= 0.3 is 0 Å². The fourth-order valence-electron chi connectivity index (χ4n) is 3.39. The number of hydrogen-bond donors (Lipinski definition) is 0. The molecule has 0 saturated carbocycles. The van der Waals surface area contributed by atoms with Crippen LogP contribution in [-0.4, -0.2) is 34.3 Å². The van der Waals surface area contributed by atoms with Gasteiger partial charge in [-0.05, 0) is 19.4 Å². The molecule has 4 rings (SSSR count). The molecule has 1 saturated heterocycles. The standard InChI is InChI=1S/C20H24N4O2/c1-13(16-8-6-5-7-9-16)19-20(25-19)23(4)18-10-11-24(21-18)12-17-14(2)22-26-15(17)3/h5-11,13,19-20H,12H2,1-4H3/t13-,19?,20?/m0/s1. The maximum absolute atomic E-state index is 5.95. The minimum Gasteiger partial charge on any atom is -0.361 e. The lowest BCUT2D eigenvalue weighted by Gasteiger charge is -2.15. The van der Waals surface area contributed by atoms with Crippen LogP contribution in [0.25, 0.3) is 0 Å². The van der Waals surface area contributed by atoms with Gasteiger partial charge in [0.25, 0.3) is 0 Å². The molecule has 1 aliphatic rings. The van der Waals surface area contributed by atoms with Crippen LogP contribution in [-0.2, 0) is 11.3 Å². The first-order valence-electron chi connectivity index (χ1n) is 8.93. The average Bonchev–Trinajstić information content (AvgIpc) is 3.22. The highest BCUT2D eigenvalue weighted by Gasteiger charge is 2.46. The van der Waals surface area contributed by atoms with E-state index in [4.69, 9.17) is 9.26 Å². The van der Waals surface area contributed by atoms with Gasteiger partial charge in [-0.15, -0.1) is 0 Å². The van der Waals surface area contributed by atoms with Gasteiger partial charge < -0.3 is 14.2 Å². The lowest BCUT2D eigenvalue weighted by atomic mass is 9.97. The minimum absolute atomic E-state index is 0.0626. The fraction of sp³-hybridized carbons (Fsp3) is 0.400. The largest absolute Gasteiger partial charge is 0.361 e. The van der Waals surface area contributed by atoms with Gasteiger partial charge in [0.05, 0.1) is 12.2 Å². The van der Waals surface area contributed by atoms with Crippen molar-refractivity contribution in [2.24, 2.45) is 0 Å². The molecule has 2 aromatic heterocycles. The average molecular weight is 352 g/mol. The first kappa shape index (κ1) is 16.8. The lowest BCUT2D eigenvalue weighted by Crippen LogP contribution is -2.25. The number of benzene rings is 1. The zero-order valence-electron chi connectivity index (χ0n) is 15.6. The first-order chi connectivity index (χ1) is 12.5. The highest BCUT2D eigenvalue weighted by Crippen LogP contribution is 2.38. The number of epoxide rings is 1. The summed E-state index contributed by atoms with van der Waals surface area (Å²) in [6, 6.07) is 12.5. The summed E-state index contributed by atoms with van der Waals surface area (Å²) in [5, 5.41) is 8.69. The van der Waals surface area contributed by atoms with Gasteiger partial charge in [-0.2, -0.15) is 5.10 Å². The Bertz CT molecular complexity index is 867. The van der Waals surface area contributed by atoms with E-state index in [9.17, 15) is 0 Å². The summed E-state index contributed by atoms with van der Waals surface area (Å²) in [6.07, 6.45) is 2.23. The van der Waals surface area contributed by atoms with E-state index in [2.05, 4.69) is 46.3 Å². The molecule has 0 bridgehead atoms. The number of hydrogen-bond acceptors (Lipinski definition) is 5. The quantitative estimate of drug-likeness (QED) is 0.636. The van der Waals surface area contributed by atoms with Gasteiger partial charge in [-0.1, -0.05) is 42.4 Å². The third-order valence-corrected chi connectivity index (χ3v) is 5.19. The zero-order valence-corrected chi connectivity index (χ0v) is 15.6. The second kappa shape index (κ2) is 6.61. The summed E-state index contributed by atoms with van der Waals surface area (Å²) in [5.74, 6) is 2.10.